The molecule has 9 heteroatoms. The van der Waals surface area contributed by atoms with Gasteiger partial charge in [0, 0.05) is 11.2 Å². The monoisotopic (exact) mass is 411 g/mol. The number of nitrogens with zero attached hydrogens (tertiary/aromatic N) is 2. The fraction of sp³-hybridized carbons (Fsp3) is 0.118. The van der Waals surface area contributed by atoms with Gasteiger partial charge in [0.2, 0.25) is 0 Å². The molecular weight excluding hydrogens is 401 g/mol. The highest BCUT2D eigenvalue weighted by atomic mass is 35.5. The number of pyridine rings is 1. The van der Waals surface area contributed by atoms with Gasteiger partial charge in [-0.1, -0.05) is 40.0 Å². The van der Waals surface area contributed by atoms with Crippen LogP contribution in [0.1, 0.15) is 21.8 Å². The summed E-state index contributed by atoms with van der Waals surface area (Å²) < 4.78 is 10.8. The van der Waals surface area contributed by atoms with Crippen LogP contribution < -0.4 is 10.1 Å². The predicted octanol–water partition coefficient (Wildman–Crippen LogP) is 5.17. The van der Waals surface area contributed by atoms with Crippen molar-refractivity contribution < 1.29 is 14.1 Å². The van der Waals surface area contributed by atoms with E-state index in [0.717, 1.165) is 0 Å². The Kier molecular flexibility index (Phi) is 5.66. The van der Waals surface area contributed by atoms with Crippen LogP contribution in [0.25, 0.3) is 0 Å². The number of carbonyl (C=O) groups excluding carboxylic acids is 1. The highest BCUT2D eigenvalue weighted by Gasteiger charge is 2.21. The molecule has 1 aromatic carbocycles. The first-order chi connectivity index (χ1) is 12.4. The number of aryl methyl sites for hydroxylation is 1. The first kappa shape index (κ1) is 18.5. The van der Waals surface area contributed by atoms with Gasteiger partial charge in [-0.3, -0.25) is 4.79 Å². The molecule has 0 saturated heterocycles. The van der Waals surface area contributed by atoms with Gasteiger partial charge < -0.3 is 14.6 Å². The van der Waals surface area contributed by atoms with Crippen molar-refractivity contribution in [1.29, 1.82) is 0 Å². The van der Waals surface area contributed by atoms with Crippen LogP contribution >= 0.6 is 34.8 Å². The van der Waals surface area contributed by atoms with Gasteiger partial charge in [-0.25, -0.2) is 4.98 Å². The molecule has 0 aliphatic rings. The van der Waals surface area contributed by atoms with Gasteiger partial charge in [-0.2, -0.15) is 0 Å². The molecule has 3 aromatic rings. The Morgan fingerprint density at radius 2 is 1.92 bits per heavy atom. The third-order valence-electron chi connectivity index (χ3n) is 3.44. The summed E-state index contributed by atoms with van der Waals surface area (Å²) in [5.74, 6) is 0.725. The van der Waals surface area contributed by atoms with Crippen molar-refractivity contribution >= 4 is 46.5 Å². The molecule has 0 spiro atoms. The number of benzene rings is 1. The number of hydrogen-bond donors (Lipinski definition) is 1. The van der Waals surface area contributed by atoms with Crippen molar-refractivity contribution in [1.82, 2.24) is 10.1 Å². The molecule has 2 heterocycles. The summed E-state index contributed by atoms with van der Waals surface area (Å²) in [6.07, 6.45) is 1.38. The molecule has 1 amide bonds. The summed E-state index contributed by atoms with van der Waals surface area (Å²) in [4.78, 5) is 16.5. The summed E-state index contributed by atoms with van der Waals surface area (Å²) in [6, 6.07) is 8.34. The molecule has 0 atom stereocenters. The zero-order valence-electron chi connectivity index (χ0n) is 13.4. The van der Waals surface area contributed by atoms with Crippen LogP contribution in [-0.2, 0) is 6.61 Å². The number of anilines is 1. The number of rotatable bonds is 5. The van der Waals surface area contributed by atoms with Crippen LogP contribution in [-0.4, -0.2) is 16.0 Å². The minimum absolute atomic E-state index is 0.0873. The number of amides is 1. The quantitative estimate of drug-likeness (QED) is 0.625. The fourth-order valence-electron chi connectivity index (χ4n) is 2.10. The van der Waals surface area contributed by atoms with Crippen molar-refractivity contribution in [2.45, 2.75) is 13.5 Å². The predicted molar refractivity (Wildman–Crippen MR) is 99.2 cm³/mol. The van der Waals surface area contributed by atoms with Crippen molar-refractivity contribution in [3.63, 3.8) is 0 Å². The van der Waals surface area contributed by atoms with Crippen molar-refractivity contribution in [2.24, 2.45) is 0 Å². The van der Waals surface area contributed by atoms with E-state index in [9.17, 15) is 4.79 Å². The zero-order chi connectivity index (χ0) is 18.7. The zero-order valence-corrected chi connectivity index (χ0v) is 15.7. The number of ether oxygens (including phenoxy) is 1. The summed E-state index contributed by atoms with van der Waals surface area (Å²) >= 11 is 17.7. The van der Waals surface area contributed by atoms with Gasteiger partial charge in [-0.15, -0.1) is 0 Å². The lowest BCUT2D eigenvalue weighted by Crippen LogP contribution is -2.16. The second kappa shape index (κ2) is 7.95. The Morgan fingerprint density at radius 3 is 2.62 bits per heavy atom. The molecule has 6 nitrogen and oxygen atoms in total. The summed E-state index contributed by atoms with van der Waals surface area (Å²) in [7, 11) is 0. The second-order valence-electron chi connectivity index (χ2n) is 5.25. The van der Waals surface area contributed by atoms with Crippen molar-refractivity contribution in [3.05, 3.63) is 68.6 Å². The van der Waals surface area contributed by atoms with Crippen LogP contribution in [0.4, 0.5) is 5.82 Å². The third-order valence-corrected chi connectivity index (χ3v) is 4.18. The van der Waals surface area contributed by atoms with E-state index >= 15 is 0 Å². The highest BCUT2D eigenvalue weighted by molar-refractivity contribution is 6.36. The van der Waals surface area contributed by atoms with E-state index in [0.29, 0.717) is 27.1 Å². The number of nitrogens with one attached hydrogen (secondary N) is 1. The van der Waals surface area contributed by atoms with Crippen LogP contribution in [0.5, 0.6) is 5.75 Å². The number of aromatic nitrogens is 2. The van der Waals surface area contributed by atoms with E-state index in [1.54, 1.807) is 31.2 Å². The maximum absolute atomic E-state index is 12.5. The largest absolute Gasteiger partial charge is 0.489 e. The van der Waals surface area contributed by atoms with E-state index in [4.69, 9.17) is 44.1 Å². The van der Waals surface area contributed by atoms with E-state index in [2.05, 4.69) is 15.5 Å². The number of halogens is 3. The molecule has 0 saturated carbocycles. The summed E-state index contributed by atoms with van der Waals surface area (Å²) in [5.41, 5.74) is 0.604. The normalized spacial score (nSPS) is 10.6. The van der Waals surface area contributed by atoms with Gasteiger partial charge in [0.15, 0.2) is 11.5 Å². The molecule has 0 unspecified atom stereocenters. The number of carbonyl (C=O) groups is 1. The average Bonchev–Trinajstić information content (AvgIpc) is 2.98. The molecule has 1 N–H and O–H groups in total. The number of hydrogen-bond acceptors (Lipinski definition) is 5. The van der Waals surface area contributed by atoms with Crippen LogP contribution in [0.15, 0.2) is 41.1 Å². The third kappa shape index (κ3) is 4.27. The second-order valence-corrected chi connectivity index (χ2v) is 6.53. The van der Waals surface area contributed by atoms with Crippen LogP contribution in [0, 0.1) is 6.92 Å². The molecular formula is C17H12Cl3N3O3. The Balaban J connectivity index is 1.76. The fourth-order valence-corrected chi connectivity index (χ4v) is 2.65. The smallest absolute Gasteiger partial charge is 0.279 e. The topological polar surface area (TPSA) is 77.3 Å². The molecule has 26 heavy (non-hydrogen) atoms. The first-order valence-corrected chi connectivity index (χ1v) is 8.53. The maximum atomic E-state index is 12.5. The minimum Gasteiger partial charge on any atom is -0.489 e. The Morgan fingerprint density at radius 1 is 1.19 bits per heavy atom. The lowest BCUT2D eigenvalue weighted by molar-refractivity contribution is 0.101. The van der Waals surface area contributed by atoms with Gasteiger partial charge in [0.1, 0.15) is 18.1 Å². The molecule has 2 aromatic heterocycles. The molecule has 0 bridgehead atoms. The Labute approximate surface area is 164 Å². The van der Waals surface area contributed by atoms with E-state index in [1.807, 2.05) is 0 Å². The molecule has 0 fully saturated rings. The van der Waals surface area contributed by atoms with Gasteiger partial charge in [-0.05, 0) is 37.3 Å². The molecule has 0 radical (unpaired) electrons. The molecule has 0 aliphatic carbocycles. The van der Waals surface area contributed by atoms with Gasteiger partial charge >= 0.3 is 0 Å². The van der Waals surface area contributed by atoms with Gasteiger partial charge in [0.05, 0.1) is 15.6 Å². The Bertz CT molecular complexity index is 942. The minimum atomic E-state index is -0.520. The lowest BCUT2D eigenvalue weighted by Gasteiger charge is -2.08. The van der Waals surface area contributed by atoms with Gasteiger partial charge in [0.25, 0.3) is 5.91 Å². The van der Waals surface area contributed by atoms with E-state index in [1.165, 1.54) is 12.3 Å². The molecule has 134 valence electrons. The van der Waals surface area contributed by atoms with Crippen LogP contribution in [0.2, 0.25) is 15.1 Å². The first-order valence-electron chi connectivity index (χ1n) is 7.40. The Hall–Kier alpha value is -2.28. The highest BCUT2D eigenvalue weighted by Crippen LogP contribution is 2.24. The van der Waals surface area contributed by atoms with Crippen molar-refractivity contribution in [3.8, 4) is 5.75 Å². The van der Waals surface area contributed by atoms with E-state index < -0.39 is 5.91 Å². The van der Waals surface area contributed by atoms with E-state index in [-0.39, 0.29) is 23.1 Å². The standard InChI is InChI=1S/C17H12Cl3N3O3/c1-9-13(8-25-12-4-2-10(18)3-5-12)15(23-26-9)17(24)22-16-14(20)6-11(19)7-21-16/h2-7H,8H2,1H3,(H,21,22,24). The SMILES string of the molecule is Cc1onc(C(=O)Nc2ncc(Cl)cc2Cl)c1COc1ccc(Cl)cc1. The maximum Gasteiger partial charge on any atom is 0.279 e. The van der Waals surface area contributed by atoms with Crippen LogP contribution in [0.3, 0.4) is 0 Å². The summed E-state index contributed by atoms with van der Waals surface area (Å²) in [5, 5.41) is 7.56. The average molecular weight is 413 g/mol. The lowest BCUT2D eigenvalue weighted by atomic mass is 10.2. The summed E-state index contributed by atoms with van der Waals surface area (Å²) in [6.45, 7) is 1.79. The molecule has 3 rings (SSSR count). The van der Waals surface area contributed by atoms with Crippen molar-refractivity contribution in [2.75, 3.05) is 5.32 Å². The molecule has 0 aliphatic heterocycles.